The first kappa shape index (κ1) is 19.7. The van der Waals surface area contributed by atoms with Crippen LogP contribution in [0, 0.1) is 0 Å². The number of esters is 1. The average molecular weight is 397 g/mol. The third-order valence-electron chi connectivity index (χ3n) is 3.42. The van der Waals surface area contributed by atoms with E-state index in [0.717, 1.165) is 0 Å². The molecular weight excluding hydrogens is 380 g/mol. The first-order valence-corrected chi connectivity index (χ1v) is 9.40. The zero-order valence-electron chi connectivity index (χ0n) is 14.0. The van der Waals surface area contributed by atoms with Crippen LogP contribution < -0.4 is 10.0 Å². The van der Waals surface area contributed by atoms with Crippen molar-refractivity contribution in [2.45, 2.75) is 17.9 Å². The molecule has 0 heterocycles. The van der Waals surface area contributed by atoms with Crippen LogP contribution in [-0.2, 0) is 19.6 Å². The molecule has 9 heteroatoms. The quantitative estimate of drug-likeness (QED) is 0.730. The van der Waals surface area contributed by atoms with Crippen molar-refractivity contribution in [1.82, 2.24) is 5.32 Å². The van der Waals surface area contributed by atoms with Crippen LogP contribution in [0.25, 0.3) is 0 Å². The standard InChI is InChI=1S/C17H17ClN2O5S/c1-11(16(21)19-2)25-17(22)12-7-9-13(10-8-12)26(23,24)20-15-6-4-3-5-14(15)18/h3-11,20H,1-2H3,(H,19,21)/t11-/m0/s1. The molecule has 0 saturated heterocycles. The van der Waals surface area contributed by atoms with Gasteiger partial charge in [0.15, 0.2) is 6.10 Å². The third kappa shape index (κ3) is 4.74. The molecule has 0 fully saturated rings. The van der Waals surface area contributed by atoms with Gasteiger partial charge in [-0.3, -0.25) is 9.52 Å². The normalized spacial score (nSPS) is 12.1. The predicted molar refractivity (Wildman–Crippen MR) is 97.6 cm³/mol. The van der Waals surface area contributed by atoms with Crippen LogP contribution in [0.5, 0.6) is 0 Å². The summed E-state index contributed by atoms with van der Waals surface area (Å²) in [5.74, 6) is -1.18. The van der Waals surface area contributed by atoms with Gasteiger partial charge in [0.25, 0.3) is 15.9 Å². The number of anilines is 1. The minimum absolute atomic E-state index is 0.0479. The van der Waals surface area contributed by atoms with Gasteiger partial charge in [0.1, 0.15) is 0 Å². The third-order valence-corrected chi connectivity index (χ3v) is 5.13. The van der Waals surface area contributed by atoms with E-state index in [9.17, 15) is 18.0 Å². The number of ether oxygens (including phenoxy) is 1. The highest BCUT2D eigenvalue weighted by Gasteiger charge is 2.19. The molecule has 2 rings (SSSR count). The Labute approximate surface area is 156 Å². The molecule has 0 aliphatic heterocycles. The summed E-state index contributed by atoms with van der Waals surface area (Å²) < 4.78 is 32.2. The van der Waals surface area contributed by atoms with E-state index in [0.29, 0.717) is 0 Å². The summed E-state index contributed by atoms with van der Waals surface area (Å²) in [4.78, 5) is 23.3. The van der Waals surface area contributed by atoms with Gasteiger partial charge in [-0.2, -0.15) is 0 Å². The second-order valence-corrected chi connectivity index (χ2v) is 7.36. The van der Waals surface area contributed by atoms with Crippen molar-refractivity contribution in [2.24, 2.45) is 0 Å². The Hall–Kier alpha value is -2.58. The zero-order valence-corrected chi connectivity index (χ0v) is 15.6. The number of carbonyl (C=O) groups excluding carboxylic acids is 2. The molecule has 0 aromatic heterocycles. The van der Waals surface area contributed by atoms with Gasteiger partial charge in [-0.1, -0.05) is 23.7 Å². The fraction of sp³-hybridized carbons (Fsp3) is 0.176. The Morgan fingerprint density at radius 3 is 2.27 bits per heavy atom. The van der Waals surface area contributed by atoms with Crippen molar-refractivity contribution in [2.75, 3.05) is 11.8 Å². The summed E-state index contributed by atoms with van der Waals surface area (Å²) in [5.41, 5.74) is 0.370. The van der Waals surface area contributed by atoms with E-state index < -0.39 is 28.0 Å². The molecule has 0 aliphatic carbocycles. The predicted octanol–water partition coefficient (Wildman–Crippen LogP) is 2.43. The highest BCUT2D eigenvalue weighted by Crippen LogP contribution is 2.24. The van der Waals surface area contributed by atoms with Crippen LogP contribution in [0.2, 0.25) is 5.02 Å². The molecule has 2 N–H and O–H groups in total. The summed E-state index contributed by atoms with van der Waals surface area (Å²) in [6.07, 6.45) is -0.960. The number of amides is 1. The Balaban J connectivity index is 2.14. The number of halogens is 1. The second-order valence-electron chi connectivity index (χ2n) is 5.27. The molecule has 2 aromatic rings. The Kier molecular flexibility index (Phi) is 6.23. The lowest BCUT2D eigenvalue weighted by Crippen LogP contribution is -2.33. The van der Waals surface area contributed by atoms with Gasteiger partial charge < -0.3 is 10.1 Å². The van der Waals surface area contributed by atoms with E-state index in [-0.39, 0.29) is 21.2 Å². The molecule has 0 saturated carbocycles. The number of hydrogen-bond donors (Lipinski definition) is 2. The van der Waals surface area contributed by atoms with Gasteiger partial charge in [0.2, 0.25) is 0 Å². The molecule has 0 spiro atoms. The van der Waals surface area contributed by atoms with E-state index >= 15 is 0 Å². The van der Waals surface area contributed by atoms with Crippen LogP contribution in [0.4, 0.5) is 5.69 Å². The first-order chi connectivity index (χ1) is 12.2. The van der Waals surface area contributed by atoms with Gasteiger partial charge in [0.05, 0.1) is 21.2 Å². The van der Waals surface area contributed by atoms with Crippen molar-refractivity contribution in [3.05, 3.63) is 59.1 Å². The summed E-state index contributed by atoms with van der Waals surface area (Å²) in [7, 11) is -2.44. The monoisotopic (exact) mass is 396 g/mol. The number of likely N-dealkylation sites (N-methyl/N-ethyl adjacent to an activating group) is 1. The maximum Gasteiger partial charge on any atom is 0.338 e. The highest BCUT2D eigenvalue weighted by molar-refractivity contribution is 7.92. The van der Waals surface area contributed by atoms with Crippen LogP contribution >= 0.6 is 11.6 Å². The summed E-state index contributed by atoms with van der Waals surface area (Å²) in [6, 6.07) is 11.6. The molecule has 0 radical (unpaired) electrons. The maximum atomic E-state index is 12.4. The summed E-state index contributed by atoms with van der Waals surface area (Å²) >= 11 is 5.95. The Morgan fingerprint density at radius 1 is 1.08 bits per heavy atom. The summed E-state index contributed by atoms with van der Waals surface area (Å²) in [5, 5.41) is 2.63. The lowest BCUT2D eigenvalue weighted by atomic mass is 10.2. The van der Waals surface area contributed by atoms with Gasteiger partial charge in [-0.05, 0) is 43.3 Å². The molecule has 2 aromatic carbocycles. The number of carbonyl (C=O) groups is 2. The minimum Gasteiger partial charge on any atom is -0.449 e. The van der Waals surface area contributed by atoms with Crippen molar-refractivity contribution in [3.63, 3.8) is 0 Å². The SMILES string of the molecule is CNC(=O)[C@H](C)OC(=O)c1ccc(S(=O)(=O)Nc2ccccc2Cl)cc1. The molecule has 0 bridgehead atoms. The summed E-state index contributed by atoms with van der Waals surface area (Å²) in [6.45, 7) is 1.43. The topological polar surface area (TPSA) is 102 Å². The van der Waals surface area contributed by atoms with Crippen molar-refractivity contribution >= 4 is 39.2 Å². The van der Waals surface area contributed by atoms with Gasteiger partial charge in [-0.15, -0.1) is 0 Å². The smallest absolute Gasteiger partial charge is 0.338 e. The molecule has 1 amide bonds. The molecule has 0 aliphatic rings. The van der Waals surface area contributed by atoms with Crippen LogP contribution in [0.3, 0.4) is 0 Å². The van der Waals surface area contributed by atoms with E-state index in [2.05, 4.69) is 10.0 Å². The van der Waals surface area contributed by atoms with Crippen molar-refractivity contribution < 1.29 is 22.7 Å². The highest BCUT2D eigenvalue weighted by atomic mass is 35.5. The number of nitrogens with one attached hydrogen (secondary N) is 2. The number of sulfonamides is 1. The zero-order chi connectivity index (χ0) is 19.3. The van der Waals surface area contributed by atoms with E-state index in [1.165, 1.54) is 44.3 Å². The van der Waals surface area contributed by atoms with E-state index in [1.807, 2.05) is 0 Å². The average Bonchev–Trinajstić information content (AvgIpc) is 2.62. The number of benzene rings is 2. The Morgan fingerprint density at radius 2 is 1.69 bits per heavy atom. The fourth-order valence-electron chi connectivity index (χ4n) is 2.00. The van der Waals surface area contributed by atoms with Crippen LogP contribution in [0.15, 0.2) is 53.4 Å². The molecule has 7 nitrogen and oxygen atoms in total. The van der Waals surface area contributed by atoms with Crippen LogP contribution in [-0.4, -0.2) is 33.4 Å². The lowest BCUT2D eigenvalue weighted by molar-refractivity contribution is -0.128. The minimum atomic E-state index is -3.87. The largest absolute Gasteiger partial charge is 0.449 e. The van der Waals surface area contributed by atoms with Crippen LogP contribution in [0.1, 0.15) is 17.3 Å². The van der Waals surface area contributed by atoms with Gasteiger partial charge in [0, 0.05) is 7.05 Å². The number of rotatable bonds is 6. The molecule has 138 valence electrons. The fourth-order valence-corrected chi connectivity index (χ4v) is 3.32. The first-order valence-electron chi connectivity index (χ1n) is 7.54. The Bertz CT molecular complexity index is 913. The molecule has 0 unspecified atom stereocenters. The number of hydrogen-bond acceptors (Lipinski definition) is 5. The van der Waals surface area contributed by atoms with Crippen molar-refractivity contribution in [3.8, 4) is 0 Å². The second kappa shape index (κ2) is 8.20. The van der Waals surface area contributed by atoms with E-state index in [4.69, 9.17) is 16.3 Å². The molecular formula is C17H17ClN2O5S. The maximum absolute atomic E-state index is 12.4. The lowest BCUT2D eigenvalue weighted by Gasteiger charge is -2.12. The van der Waals surface area contributed by atoms with E-state index in [1.54, 1.807) is 18.2 Å². The van der Waals surface area contributed by atoms with Gasteiger partial charge in [-0.25, -0.2) is 13.2 Å². The molecule has 1 atom stereocenters. The number of para-hydroxylation sites is 1. The molecule has 26 heavy (non-hydrogen) atoms. The van der Waals surface area contributed by atoms with Gasteiger partial charge >= 0.3 is 5.97 Å². The van der Waals surface area contributed by atoms with Crippen molar-refractivity contribution in [1.29, 1.82) is 0 Å².